The van der Waals surface area contributed by atoms with Crippen molar-refractivity contribution in [3.63, 3.8) is 0 Å². The van der Waals surface area contributed by atoms with E-state index in [9.17, 15) is 4.79 Å². The van der Waals surface area contributed by atoms with Gasteiger partial charge in [0.25, 0.3) is 5.56 Å². The van der Waals surface area contributed by atoms with Gasteiger partial charge in [0.05, 0.1) is 0 Å². The summed E-state index contributed by atoms with van der Waals surface area (Å²) in [6, 6.07) is 0. The maximum absolute atomic E-state index is 12.4. The topological polar surface area (TPSA) is 67.4 Å². The van der Waals surface area contributed by atoms with Crippen LogP contribution in [-0.2, 0) is 6.54 Å². The molecule has 0 radical (unpaired) electrons. The number of aromatic nitrogens is 2. The van der Waals surface area contributed by atoms with Crippen molar-refractivity contribution in [2.24, 2.45) is 11.7 Å². The summed E-state index contributed by atoms with van der Waals surface area (Å²) in [5, 5.41) is 0. The van der Waals surface area contributed by atoms with Crippen molar-refractivity contribution in [3.05, 3.63) is 22.7 Å². The second-order valence-corrected chi connectivity index (χ2v) is 5.72. The lowest BCUT2D eigenvalue weighted by Crippen LogP contribution is -2.49. The van der Waals surface area contributed by atoms with Crippen molar-refractivity contribution in [1.82, 2.24) is 14.5 Å². The van der Waals surface area contributed by atoms with E-state index in [-0.39, 0.29) is 5.56 Å². The van der Waals surface area contributed by atoms with Crippen LogP contribution in [0.4, 0.5) is 5.82 Å². The van der Waals surface area contributed by atoms with Crippen molar-refractivity contribution < 1.29 is 0 Å². The number of piperazine rings is 1. The number of nitrogens with zero attached hydrogens (tertiary/aromatic N) is 4. The Bertz CT molecular complexity index is 477. The van der Waals surface area contributed by atoms with Crippen LogP contribution in [0.15, 0.2) is 17.2 Å². The average molecular weight is 279 g/mol. The van der Waals surface area contributed by atoms with Gasteiger partial charge >= 0.3 is 0 Å². The summed E-state index contributed by atoms with van der Waals surface area (Å²) in [5.41, 5.74) is 5.60. The zero-order valence-corrected chi connectivity index (χ0v) is 12.5. The first-order valence-electron chi connectivity index (χ1n) is 7.34. The Morgan fingerprint density at radius 2 is 2.00 bits per heavy atom. The van der Waals surface area contributed by atoms with Crippen LogP contribution >= 0.6 is 0 Å². The molecule has 0 unspecified atom stereocenters. The lowest BCUT2D eigenvalue weighted by Gasteiger charge is -2.34. The Balaban J connectivity index is 2.08. The van der Waals surface area contributed by atoms with E-state index in [0.29, 0.717) is 18.3 Å². The van der Waals surface area contributed by atoms with E-state index in [1.54, 1.807) is 17.0 Å². The van der Waals surface area contributed by atoms with E-state index < -0.39 is 0 Å². The Morgan fingerprint density at radius 3 is 2.60 bits per heavy atom. The van der Waals surface area contributed by atoms with Gasteiger partial charge in [-0.1, -0.05) is 13.8 Å². The van der Waals surface area contributed by atoms with Crippen LogP contribution < -0.4 is 16.2 Å². The van der Waals surface area contributed by atoms with Crippen molar-refractivity contribution >= 4 is 5.82 Å². The Morgan fingerprint density at radius 1 is 1.30 bits per heavy atom. The van der Waals surface area contributed by atoms with Gasteiger partial charge in [-0.05, 0) is 5.92 Å². The molecule has 0 atom stereocenters. The molecule has 6 heteroatoms. The number of hydrogen-bond donors (Lipinski definition) is 1. The molecule has 20 heavy (non-hydrogen) atoms. The highest BCUT2D eigenvalue weighted by atomic mass is 16.1. The van der Waals surface area contributed by atoms with Crippen LogP contribution in [0.3, 0.4) is 0 Å². The second-order valence-electron chi connectivity index (χ2n) is 5.72. The second kappa shape index (κ2) is 6.85. The third kappa shape index (κ3) is 3.58. The van der Waals surface area contributed by atoms with Gasteiger partial charge in [-0.25, -0.2) is 4.98 Å². The van der Waals surface area contributed by atoms with Crippen molar-refractivity contribution in [2.45, 2.75) is 20.4 Å². The first-order chi connectivity index (χ1) is 9.61. The molecule has 0 bridgehead atoms. The molecular weight excluding hydrogens is 254 g/mol. The van der Waals surface area contributed by atoms with E-state index in [2.05, 4.69) is 28.6 Å². The molecule has 1 aromatic heterocycles. The van der Waals surface area contributed by atoms with E-state index in [0.717, 1.165) is 39.3 Å². The quantitative estimate of drug-likeness (QED) is 0.820. The van der Waals surface area contributed by atoms with Crippen molar-refractivity contribution in [1.29, 1.82) is 0 Å². The number of rotatable bonds is 5. The Labute approximate surface area is 120 Å². The molecule has 112 valence electrons. The summed E-state index contributed by atoms with van der Waals surface area (Å²) >= 11 is 0. The third-order valence-electron chi connectivity index (χ3n) is 3.57. The lowest BCUT2D eigenvalue weighted by atomic mass is 10.2. The molecular formula is C14H25N5O. The summed E-state index contributed by atoms with van der Waals surface area (Å²) in [6.07, 6.45) is 3.50. The van der Waals surface area contributed by atoms with Crippen molar-refractivity contribution in [3.8, 4) is 0 Å². The van der Waals surface area contributed by atoms with Crippen LogP contribution in [-0.4, -0.2) is 53.7 Å². The highest BCUT2D eigenvalue weighted by Gasteiger charge is 2.20. The smallest absolute Gasteiger partial charge is 0.293 e. The molecule has 1 aromatic rings. The third-order valence-corrected chi connectivity index (χ3v) is 3.57. The Hall–Kier alpha value is -1.40. The Kier molecular flexibility index (Phi) is 5.14. The van der Waals surface area contributed by atoms with Crippen LogP contribution in [0.25, 0.3) is 0 Å². The zero-order valence-electron chi connectivity index (χ0n) is 12.5. The minimum absolute atomic E-state index is 0.0217. The summed E-state index contributed by atoms with van der Waals surface area (Å²) in [6.45, 7) is 10.1. The van der Waals surface area contributed by atoms with Crippen LogP contribution in [0.1, 0.15) is 13.8 Å². The normalized spacial score (nSPS) is 16.9. The van der Waals surface area contributed by atoms with E-state index in [1.807, 2.05) is 0 Å². The van der Waals surface area contributed by atoms with E-state index >= 15 is 0 Å². The van der Waals surface area contributed by atoms with Crippen LogP contribution in [0.2, 0.25) is 0 Å². The van der Waals surface area contributed by atoms with Gasteiger partial charge in [-0.15, -0.1) is 0 Å². The molecule has 2 heterocycles. The molecule has 1 aliphatic rings. The molecule has 1 saturated heterocycles. The van der Waals surface area contributed by atoms with E-state index in [1.165, 1.54) is 0 Å². The molecule has 0 aromatic carbocycles. The molecule has 6 nitrogen and oxygen atoms in total. The molecule has 0 spiro atoms. The lowest BCUT2D eigenvalue weighted by molar-refractivity contribution is 0.264. The van der Waals surface area contributed by atoms with Gasteiger partial charge in [0, 0.05) is 58.2 Å². The minimum Gasteiger partial charge on any atom is -0.349 e. The molecule has 0 aliphatic carbocycles. The van der Waals surface area contributed by atoms with Crippen molar-refractivity contribution in [2.75, 3.05) is 44.2 Å². The van der Waals surface area contributed by atoms with Gasteiger partial charge in [-0.2, -0.15) is 0 Å². The number of hydrogen-bond acceptors (Lipinski definition) is 5. The summed E-state index contributed by atoms with van der Waals surface area (Å²) < 4.78 is 1.76. The number of nitrogens with two attached hydrogens (primary N) is 1. The predicted octanol–water partition coefficient (Wildman–Crippen LogP) is -0.0200. The largest absolute Gasteiger partial charge is 0.349 e. The van der Waals surface area contributed by atoms with Gasteiger partial charge in [-0.3, -0.25) is 9.69 Å². The monoisotopic (exact) mass is 279 g/mol. The average Bonchev–Trinajstić information content (AvgIpc) is 2.42. The SMILES string of the molecule is CC(C)Cn1ccnc(N2CCN(CCN)CC2)c1=O. The highest BCUT2D eigenvalue weighted by Crippen LogP contribution is 2.09. The summed E-state index contributed by atoms with van der Waals surface area (Å²) in [7, 11) is 0. The first kappa shape index (κ1) is 15.0. The first-order valence-corrected chi connectivity index (χ1v) is 7.34. The van der Waals surface area contributed by atoms with Gasteiger partial charge < -0.3 is 15.2 Å². The van der Waals surface area contributed by atoms with Gasteiger partial charge in [0.2, 0.25) is 0 Å². The zero-order chi connectivity index (χ0) is 14.5. The molecule has 0 saturated carbocycles. The molecule has 0 amide bonds. The van der Waals surface area contributed by atoms with Crippen LogP contribution in [0, 0.1) is 5.92 Å². The highest BCUT2D eigenvalue weighted by molar-refractivity contribution is 5.36. The minimum atomic E-state index is 0.0217. The standard InChI is InChI=1S/C14H25N5O/c1-12(2)11-19-6-4-16-13(14(19)20)18-9-7-17(5-3-15)8-10-18/h4,6,12H,3,5,7-11,15H2,1-2H3. The maximum atomic E-state index is 12.4. The van der Waals surface area contributed by atoms with Crippen LogP contribution in [0.5, 0.6) is 0 Å². The predicted molar refractivity (Wildman–Crippen MR) is 81.0 cm³/mol. The fraction of sp³-hybridized carbons (Fsp3) is 0.714. The van der Waals surface area contributed by atoms with E-state index in [4.69, 9.17) is 5.73 Å². The number of anilines is 1. The summed E-state index contributed by atoms with van der Waals surface area (Å²) in [5.74, 6) is 1.03. The molecule has 2 rings (SSSR count). The molecule has 2 N–H and O–H groups in total. The van der Waals surface area contributed by atoms with Gasteiger partial charge in [0.15, 0.2) is 5.82 Å². The fourth-order valence-electron chi connectivity index (χ4n) is 2.56. The molecule has 1 aliphatic heterocycles. The maximum Gasteiger partial charge on any atom is 0.293 e. The van der Waals surface area contributed by atoms with Gasteiger partial charge in [0.1, 0.15) is 0 Å². The molecule has 1 fully saturated rings. The summed E-state index contributed by atoms with van der Waals surface area (Å²) in [4.78, 5) is 21.1. The fourth-order valence-corrected chi connectivity index (χ4v) is 2.56.